The Morgan fingerprint density at radius 2 is 0.449 bits per heavy atom. The summed E-state index contributed by atoms with van der Waals surface area (Å²) in [6, 6.07) is 88.6. The molecule has 0 atom stereocenters. The van der Waals surface area contributed by atoms with E-state index in [2.05, 4.69) is 258 Å². The van der Waals surface area contributed by atoms with E-state index in [0.717, 1.165) is 25.7 Å². The van der Waals surface area contributed by atoms with E-state index in [1.807, 2.05) is 0 Å². The second-order valence-corrected chi connectivity index (χ2v) is 22.6. The number of rotatable bonds is 9. The molecule has 16 rings (SSSR count). The smallest absolute Gasteiger partial charge is 0.0210 e. The maximum Gasteiger partial charge on any atom is 0.0210 e. The van der Waals surface area contributed by atoms with Crippen LogP contribution >= 0.6 is 0 Å². The summed E-state index contributed by atoms with van der Waals surface area (Å²) in [4.78, 5) is 0. The minimum atomic E-state index is -0.0703. The van der Waals surface area contributed by atoms with Gasteiger partial charge >= 0.3 is 0 Å². The van der Waals surface area contributed by atoms with Crippen molar-refractivity contribution in [3.05, 3.63) is 253 Å². The molecule has 0 fully saturated rings. The first-order valence-electron chi connectivity index (χ1n) is 28.6. The molecule has 0 N–H and O–H groups in total. The van der Waals surface area contributed by atoms with Crippen LogP contribution in [0.25, 0.3) is 144 Å². The first-order chi connectivity index (χ1) is 38.4. The van der Waals surface area contributed by atoms with Crippen LogP contribution in [0.4, 0.5) is 0 Å². The number of hydrogen-bond donors (Lipinski definition) is 0. The van der Waals surface area contributed by atoms with Crippen molar-refractivity contribution in [3.63, 3.8) is 0 Å². The average Bonchev–Trinajstić information content (AvgIpc) is 4.39. The van der Waals surface area contributed by atoms with Crippen molar-refractivity contribution in [3.8, 4) is 122 Å². The Morgan fingerprint density at radius 3 is 0.769 bits per heavy atom. The average molecular weight is 995 g/mol. The lowest BCUT2D eigenvalue weighted by atomic mass is 9.72. The minimum absolute atomic E-state index is 0.0703. The van der Waals surface area contributed by atoms with Crippen molar-refractivity contribution in [2.45, 2.75) is 64.2 Å². The number of fused-ring (bicyclic) bond motifs is 12. The molecule has 0 nitrogen and oxygen atoms in total. The minimum Gasteiger partial charge on any atom is -0.0642 e. The van der Waals surface area contributed by atoms with Crippen LogP contribution in [0.3, 0.4) is 0 Å². The third-order valence-corrected chi connectivity index (χ3v) is 19.6. The van der Waals surface area contributed by atoms with Crippen LogP contribution in [0.15, 0.2) is 231 Å². The molecular formula is C78H58. The van der Waals surface area contributed by atoms with Crippen molar-refractivity contribution in [2.24, 2.45) is 0 Å². The highest BCUT2D eigenvalue weighted by Gasteiger charge is 2.43. The zero-order valence-corrected chi connectivity index (χ0v) is 44.8. The Morgan fingerprint density at radius 1 is 0.205 bits per heavy atom. The van der Waals surface area contributed by atoms with E-state index in [4.69, 9.17) is 0 Å². The number of benzene rings is 12. The lowest BCUT2D eigenvalue weighted by Gasteiger charge is -2.31. The Balaban J connectivity index is 0.698. The van der Waals surface area contributed by atoms with E-state index in [1.165, 1.54) is 166 Å². The molecule has 0 spiro atoms. The molecule has 370 valence electrons. The van der Waals surface area contributed by atoms with E-state index < -0.39 is 0 Å². The SMILES string of the molecule is CCC1(CC)c2cc(-c3ccc(-c4ccc5c6c(cccc46)-c4ccccc4-5)cc3)ccc2-c2ccc(-c3ccc4c(c3)C(CC)(CC)c3cc(-c5ccc(-c6ccc7c8c(cccc68)-c6ccccc6-7)cc5)ccc3-4)cc21. The van der Waals surface area contributed by atoms with E-state index in [-0.39, 0.29) is 10.8 Å². The van der Waals surface area contributed by atoms with Crippen molar-refractivity contribution >= 4 is 21.5 Å². The predicted octanol–water partition coefficient (Wildman–Crippen LogP) is 21.8. The summed E-state index contributed by atoms with van der Waals surface area (Å²) >= 11 is 0. The molecule has 0 amide bonds. The summed E-state index contributed by atoms with van der Waals surface area (Å²) < 4.78 is 0. The molecular weight excluding hydrogens is 937 g/mol. The molecule has 4 aliphatic carbocycles. The molecule has 0 aromatic heterocycles. The van der Waals surface area contributed by atoms with Gasteiger partial charge in [0.25, 0.3) is 0 Å². The third kappa shape index (κ3) is 6.12. The third-order valence-electron chi connectivity index (χ3n) is 19.6. The Hall–Kier alpha value is -8.84. The standard InChI is InChI=1S/C78H58/c1-5-77(6-2)71-43-51(47-23-27-49(28-24-47)55-39-41-69-59-17-11-9-15-57(59)67-21-13-19-65(55)75(67)69)31-35-61(71)63-37-33-53(45-73(63)77)54-34-38-64-62-36-32-52(44-72(62)78(7-3,8-4)74(64)46-54)48-25-29-50(30-26-48)56-40-42-70-60-18-12-10-16-58(60)68-22-14-20-66(56)76(68)70/h9-46H,5-8H2,1-4H3. The summed E-state index contributed by atoms with van der Waals surface area (Å²) in [5.41, 5.74) is 34.8. The van der Waals surface area contributed by atoms with Gasteiger partial charge in [0.05, 0.1) is 0 Å². The predicted molar refractivity (Wildman–Crippen MR) is 331 cm³/mol. The van der Waals surface area contributed by atoms with Crippen LogP contribution in [0, 0.1) is 0 Å². The zero-order valence-electron chi connectivity index (χ0n) is 44.8. The van der Waals surface area contributed by atoms with Gasteiger partial charge in [-0.05, 0) is 216 Å². The van der Waals surface area contributed by atoms with E-state index in [9.17, 15) is 0 Å². The van der Waals surface area contributed by atoms with Crippen molar-refractivity contribution in [2.75, 3.05) is 0 Å². The van der Waals surface area contributed by atoms with Crippen molar-refractivity contribution in [1.29, 1.82) is 0 Å². The monoisotopic (exact) mass is 994 g/mol. The molecule has 0 heteroatoms. The molecule has 12 aromatic carbocycles. The first kappa shape index (κ1) is 45.4. The molecule has 0 saturated heterocycles. The maximum absolute atomic E-state index is 2.56. The highest BCUT2D eigenvalue weighted by atomic mass is 14.5. The fourth-order valence-electron chi connectivity index (χ4n) is 15.5. The quantitative estimate of drug-likeness (QED) is 0.135. The number of hydrogen-bond acceptors (Lipinski definition) is 0. The van der Waals surface area contributed by atoms with E-state index in [0.29, 0.717) is 0 Å². The Bertz CT molecular complexity index is 4160. The van der Waals surface area contributed by atoms with Crippen LogP contribution in [0.1, 0.15) is 75.6 Å². The molecule has 0 aliphatic heterocycles. The van der Waals surface area contributed by atoms with Gasteiger partial charge < -0.3 is 0 Å². The van der Waals surface area contributed by atoms with Crippen molar-refractivity contribution in [1.82, 2.24) is 0 Å². The van der Waals surface area contributed by atoms with Crippen LogP contribution in [0.5, 0.6) is 0 Å². The zero-order chi connectivity index (χ0) is 52.0. The van der Waals surface area contributed by atoms with E-state index in [1.54, 1.807) is 0 Å². The van der Waals surface area contributed by atoms with Gasteiger partial charge in [0, 0.05) is 10.8 Å². The summed E-state index contributed by atoms with van der Waals surface area (Å²) in [6.45, 7) is 9.58. The fraction of sp³-hybridized carbons (Fsp3) is 0.128. The largest absolute Gasteiger partial charge is 0.0642 e. The van der Waals surface area contributed by atoms with Gasteiger partial charge in [0.15, 0.2) is 0 Å². The summed E-state index contributed by atoms with van der Waals surface area (Å²) in [7, 11) is 0. The lowest BCUT2D eigenvalue weighted by molar-refractivity contribution is 0.490. The van der Waals surface area contributed by atoms with Crippen LogP contribution in [-0.4, -0.2) is 0 Å². The molecule has 0 radical (unpaired) electrons. The Kier molecular flexibility index (Phi) is 9.79. The molecule has 12 aromatic rings. The van der Waals surface area contributed by atoms with Gasteiger partial charge in [-0.2, -0.15) is 0 Å². The van der Waals surface area contributed by atoms with E-state index >= 15 is 0 Å². The lowest BCUT2D eigenvalue weighted by Crippen LogP contribution is -2.23. The topological polar surface area (TPSA) is 0 Å². The molecule has 0 saturated carbocycles. The summed E-state index contributed by atoms with van der Waals surface area (Å²) in [5, 5.41) is 5.39. The Labute approximate surface area is 458 Å². The van der Waals surface area contributed by atoms with Gasteiger partial charge in [-0.15, -0.1) is 0 Å². The molecule has 0 heterocycles. The van der Waals surface area contributed by atoms with Gasteiger partial charge in [0.2, 0.25) is 0 Å². The summed E-state index contributed by atoms with van der Waals surface area (Å²) in [6.07, 6.45) is 4.18. The van der Waals surface area contributed by atoms with Gasteiger partial charge in [-0.1, -0.05) is 234 Å². The van der Waals surface area contributed by atoms with Gasteiger partial charge in [0.1, 0.15) is 0 Å². The second kappa shape index (κ2) is 16.8. The van der Waals surface area contributed by atoms with Crippen LogP contribution in [0.2, 0.25) is 0 Å². The molecule has 78 heavy (non-hydrogen) atoms. The maximum atomic E-state index is 2.56. The van der Waals surface area contributed by atoms with Gasteiger partial charge in [-0.25, -0.2) is 0 Å². The fourth-order valence-corrected chi connectivity index (χ4v) is 15.5. The van der Waals surface area contributed by atoms with Gasteiger partial charge in [-0.3, -0.25) is 0 Å². The van der Waals surface area contributed by atoms with Crippen LogP contribution in [-0.2, 0) is 10.8 Å². The highest BCUT2D eigenvalue weighted by Crippen LogP contribution is 2.58. The normalized spacial score (nSPS) is 14.1. The van der Waals surface area contributed by atoms with Crippen LogP contribution < -0.4 is 0 Å². The first-order valence-corrected chi connectivity index (χ1v) is 28.6. The second-order valence-electron chi connectivity index (χ2n) is 22.6. The summed E-state index contributed by atoms with van der Waals surface area (Å²) in [5.74, 6) is 0. The molecule has 0 bridgehead atoms. The van der Waals surface area contributed by atoms with Crippen molar-refractivity contribution < 1.29 is 0 Å². The molecule has 0 unspecified atom stereocenters. The molecule has 4 aliphatic rings. The highest BCUT2D eigenvalue weighted by molar-refractivity contribution is 6.20.